The van der Waals surface area contributed by atoms with Gasteiger partial charge in [-0.3, -0.25) is 4.79 Å². The van der Waals surface area contributed by atoms with Gasteiger partial charge < -0.3 is 11.1 Å². The molecule has 1 aliphatic heterocycles. The Bertz CT molecular complexity index is 670. The zero-order valence-corrected chi connectivity index (χ0v) is 13.3. The summed E-state index contributed by atoms with van der Waals surface area (Å²) in [5.41, 5.74) is 7.67. The summed E-state index contributed by atoms with van der Waals surface area (Å²) in [6.07, 6.45) is 0.615. The fraction of sp³-hybridized carbons (Fsp3) is 0.500. The van der Waals surface area contributed by atoms with Crippen LogP contribution in [0.25, 0.3) is 0 Å². The lowest BCUT2D eigenvalue weighted by Crippen LogP contribution is -2.37. The van der Waals surface area contributed by atoms with Gasteiger partial charge in [0.05, 0.1) is 5.69 Å². The lowest BCUT2D eigenvalue weighted by atomic mass is 10.1. The first-order valence-electron chi connectivity index (χ1n) is 6.86. The predicted octanol–water partition coefficient (Wildman–Crippen LogP) is 0.785. The molecule has 1 aliphatic rings. The van der Waals surface area contributed by atoms with Crippen molar-refractivity contribution in [2.45, 2.75) is 38.1 Å². The maximum atomic E-state index is 12.8. The number of anilines is 1. The largest absolute Gasteiger partial charge is 0.397 e. The minimum atomic E-state index is -3.63. The van der Waals surface area contributed by atoms with Crippen LogP contribution in [0.4, 0.5) is 5.69 Å². The number of nitrogens with zero attached hydrogens (tertiary/aromatic N) is 1. The third kappa shape index (κ3) is 3.03. The van der Waals surface area contributed by atoms with Crippen molar-refractivity contribution in [2.75, 3.05) is 18.8 Å². The molecule has 0 saturated carbocycles. The number of benzene rings is 1. The Morgan fingerprint density at radius 2 is 1.95 bits per heavy atom. The number of amides is 1. The monoisotopic (exact) mass is 311 g/mol. The van der Waals surface area contributed by atoms with Gasteiger partial charge in [-0.05, 0) is 31.4 Å². The van der Waals surface area contributed by atoms with Gasteiger partial charge in [-0.1, -0.05) is 12.1 Å². The third-order valence-electron chi connectivity index (χ3n) is 3.77. The van der Waals surface area contributed by atoms with Gasteiger partial charge in [-0.25, -0.2) is 8.42 Å². The van der Waals surface area contributed by atoms with Crippen LogP contribution < -0.4 is 11.1 Å². The Kier molecular flexibility index (Phi) is 4.25. The molecule has 0 radical (unpaired) electrons. The number of sulfonamides is 1. The number of nitrogen functional groups attached to an aromatic ring is 1. The van der Waals surface area contributed by atoms with E-state index in [2.05, 4.69) is 5.32 Å². The molecule has 7 heteroatoms. The molecule has 1 unspecified atom stereocenters. The summed E-state index contributed by atoms with van der Waals surface area (Å²) in [6.45, 7) is 5.64. The molecule has 0 aliphatic carbocycles. The summed E-state index contributed by atoms with van der Waals surface area (Å²) in [6, 6.07) is 3.44. The second-order valence-electron chi connectivity index (χ2n) is 5.49. The number of hydrogen-bond acceptors (Lipinski definition) is 4. The molecule has 1 aromatic carbocycles. The second-order valence-corrected chi connectivity index (χ2v) is 7.37. The van der Waals surface area contributed by atoms with E-state index in [1.807, 2.05) is 6.07 Å². The highest BCUT2D eigenvalue weighted by Crippen LogP contribution is 2.30. The van der Waals surface area contributed by atoms with E-state index in [0.717, 1.165) is 5.56 Å². The van der Waals surface area contributed by atoms with E-state index in [1.54, 1.807) is 19.9 Å². The van der Waals surface area contributed by atoms with E-state index in [9.17, 15) is 13.2 Å². The van der Waals surface area contributed by atoms with Crippen molar-refractivity contribution in [2.24, 2.45) is 0 Å². The topological polar surface area (TPSA) is 92.5 Å². The normalized spacial score (nSPS) is 19.7. The molecule has 0 aromatic heterocycles. The molecule has 1 amide bonds. The Labute approximate surface area is 125 Å². The number of carbonyl (C=O) groups excluding carboxylic acids is 1. The van der Waals surface area contributed by atoms with Crippen molar-refractivity contribution >= 4 is 21.6 Å². The number of rotatable bonds is 3. The highest BCUT2D eigenvalue weighted by atomic mass is 32.2. The molecule has 0 spiro atoms. The average molecular weight is 311 g/mol. The van der Waals surface area contributed by atoms with Crippen LogP contribution in [0.15, 0.2) is 17.0 Å². The van der Waals surface area contributed by atoms with Gasteiger partial charge in [-0.2, -0.15) is 4.31 Å². The molecule has 3 N–H and O–H groups in total. The molecule has 2 rings (SSSR count). The SMILES string of the molecule is CC(=O)NC1CCN(S(=O)(=O)c2c(C)ccc(C)c2N)C1. The van der Waals surface area contributed by atoms with Crippen molar-refractivity contribution < 1.29 is 13.2 Å². The van der Waals surface area contributed by atoms with Crippen LogP contribution in [-0.2, 0) is 14.8 Å². The summed E-state index contributed by atoms with van der Waals surface area (Å²) in [5, 5.41) is 2.76. The maximum Gasteiger partial charge on any atom is 0.245 e. The molecule has 1 heterocycles. The highest BCUT2D eigenvalue weighted by Gasteiger charge is 2.35. The first kappa shape index (κ1) is 15.8. The number of aryl methyl sites for hydroxylation is 2. The van der Waals surface area contributed by atoms with Gasteiger partial charge in [0.15, 0.2) is 0 Å². The number of nitrogens with one attached hydrogen (secondary N) is 1. The zero-order valence-electron chi connectivity index (χ0n) is 12.5. The molecule has 1 atom stereocenters. The van der Waals surface area contributed by atoms with Gasteiger partial charge in [0.2, 0.25) is 15.9 Å². The van der Waals surface area contributed by atoms with Crippen molar-refractivity contribution in [1.29, 1.82) is 0 Å². The Balaban J connectivity index is 2.32. The Morgan fingerprint density at radius 1 is 1.33 bits per heavy atom. The van der Waals surface area contributed by atoms with E-state index in [-0.39, 0.29) is 23.4 Å². The minimum absolute atomic E-state index is 0.136. The smallest absolute Gasteiger partial charge is 0.245 e. The maximum absolute atomic E-state index is 12.8. The fourth-order valence-corrected chi connectivity index (χ4v) is 4.52. The molecular formula is C14H21N3O3S. The van der Waals surface area contributed by atoms with Crippen molar-refractivity contribution in [3.05, 3.63) is 23.3 Å². The van der Waals surface area contributed by atoms with Gasteiger partial charge in [0, 0.05) is 26.1 Å². The van der Waals surface area contributed by atoms with Gasteiger partial charge >= 0.3 is 0 Å². The summed E-state index contributed by atoms with van der Waals surface area (Å²) >= 11 is 0. The average Bonchev–Trinajstić information content (AvgIpc) is 2.82. The Hall–Kier alpha value is -1.60. The lowest BCUT2D eigenvalue weighted by molar-refractivity contribution is -0.119. The minimum Gasteiger partial charge on any atom is -0.397 e. The van der Waals surface area contributed by atoms with Crippen LogP contribution in [0.2, 0.25) is 0 Å². The molecule has 1 saturated heterocycles. The van der Waals surface area contributed by atoms with Crippen molar-refractivity contribution in [3.8, 4) is 0 Å². The van der Waals surface area contributed by atoms with E-state index < -0.39 is 10.0 Å². The highest BCUT2D eigenvalue weighted by molar-refractivity contribution is 7.89. The van der Waals surface area contributed by atoms with Gasteiger partial charge in [0.25, 0.3) is 0 Å². The first-order valence-corrected chi connectivity index (χ1v) is 8.30. The molecule has 1 fully saturated rings. The molecule has 1 aromatic rings. The first-order chi connectivity index (χ1) is 9.73. The lowest BCUT2D eigenvalue weighted by Gasteiger charge is -2.20. The van der Waals surface area contributed by atoms with E-state index in [4.69, 9.17) is 5.73 Å². The number of carbonyl (C=O) groups is 1. The van der Waals surface area contributed by atoms with Crippen molar-refractivity contribution in [3.63, 3.8) is 0 Å². The van der Waals surface area contributed by atoms with Crippen LogP contribution in [0.3, 0.4) is 0 Å². The summed E-state index contributed by atoms with van der Waals surface area (Å²) in [7, 11) is -3.63. The molecular weight excluding hydrogens is 290 g/mol. The Morgan fingerprint density at radius 3 is 2.57 bits per heavy atom. The quantitative estimate of drug-likeness (QED) is 0.807. The van der Waals surface area contributed by atoms with E-state index >= 15 is 0 Å². The van der Waals surface area contributed by atoms with E-state index in [0.29, 0.717) is 24.2 Å². The van der Waals surface area contributed by atoms with Crippen LogP contribution in [-0.4, -0.2) is 37.8 Å². The number of nitrogens with two attached hydrogens (primary N) is 1. The zero-order chi connectivity index (χ0) is 15.8. The second kappa shape index (κ2) is 5.65. The predicted molar refractivity (Wildman–Crippen MR) is 81.3 cm³/mol. The number of hydrogen-bond donors (Lipinski definition) is 2. The van der Waals surface area contributed by atoms with Gasteiger partial charge in [-0.15, -0.1) is 0 Å². The summed E-state index contributed by atoms with van der Waals surface area (Å²) in [4.78, 5) is 11.3. The van der Waals surface area contributed by atoms with Crippen LogP contribution in [0.1, 0.15) is 24.5 Å². The van der Waals surface area contributed by atoms with Crippen LogP contribution in [0.5, 0.6) is 0 Å². The standard InChI is InChI=1S/C14H21N3O3S/c1-9-4-5-10(2)14(13(9)15)21(19,20)17-7-6-12(8-17)16-11(3)18/h4-5,12H,6-8,15H2,1-3H3,(H,16,18). The van der Waals surface area contributed by atoms with Crippen LogP contribution in [0, 0.1) is 13.8 Å². The summed E-state index contributed by atoms with van der Waals surface area (Å²) in [5.74, 6) is -0.148. The van der Waals surface area contributed by atoms with Crippen LogP contribution >= 0.6 is 0 Å². The summed E-state index contributed by atoms with van der Waals surface area (Å²) < 4.78 is 27.0. The molecule has 116 valence electrons. The molecule has 21 heavy (non-hydrogen) atoms. The van der Waals surface area contributed by atoms with Gasteiger partial charge in [0.1, 0.15) is 4.90 Å². The molecule has 6 nitrogen and oxygen atoms in total. The van der Waals surface area contributed by atoms with Crippen molar-refractivity contribution in [1.82, 2.24) is 9.62 Å². The molecule has 0 bridgehead atoms. The third-order valence-corrected chi connectivity index (χ3v) is 5.84. The van der Waals surface area contributed by atoms with E-state index in [1.165, 1.54) is 11.2 Å². The fourth-order valence-electron chi connectivity index (χ4n) is 2.63.